The first-order valence-electron chi connectivity index (χ1n) is 11.4. The third-order valence-electron chi connectivity index (χ3n) is 5.80. The van der Waals surface area contributed by atoms with Gasteiger partial charge in [-0.2, -0.15) is 0 Å². The van der Waals surface area contributed by atoms with Gasteiger partial charge in [0.15, 0.2) is 0 Å². The Kier molecular flexibility index (Phi) is 8.40. The van der Waals surface area contributed by atoms with Crippen LogP contribution in [0, 0.1) is 13.8 Å². The first-order chi connectivity index (χ1) is 16.7. The maximum atomic E-state index is 13.6. The minimum absolute atomic E-state index is 0.108. The van der Waals surface area contributed by atoms with Gasteiger partial charge in [0.1, 0.15) is 18.0 Å². The number of aryl methyl sites for hydroxylation is 2. The van der Waals surface area contributed by atoms with Gasteiger partial charge >= 0.3 is 0 Å². The summed E-state index contributed by atoms with van der Waals surface area (Å²) in [7, 11) is -0.892. The van der Waals surface area contributed by atoms with E-state index in [4.69, 9.17) is 9.47 Å². The molecule has 0 bridgehead atoms. The molecule has 0 aliphatic carbocycles. The average Bonchev–Trinajstić information content (AvgIpc) is 2.86. The molecule has 1 atom stereocenters. The van der Waals surface area contributed by atoms with Gasteiger partial charge in [-0.15, -0.1) is 0 Å². The van der Waals surface area contributed by atoms with E-state index < -0.39 is 15.9 Å². The van der Waals surface area contributed by atoms with Gasteiger partial charge in [-0.3, -0.25) is 9.10 Å². The zero-order valence-corrected chi connectivity index (χ0v) is 21.6. The highest BCUT2D eigenvalue weighted by molar-refractivity contribution is 7.92. The summed E-state index contributed by atoms with van der Waals surface area (Å²) in [5.74, 6) is 0.847. The third kappa shape index (κ3) is 6.14. The number of carbonyl (C=O) groups excluding carboxylic acids is 1. The molecule has 0 unspecified atom stereocenters. The van der Waals surface area contributed by atoms with E-state index in [1.807, 2.05) is 39.0 Å². The van der Waals surface area contributed by atoms with Crippen LogP contribution >= 0.6 is 0 Å². The molecule has 1 N–H and O–H groups in total. The van der Waals surface area contributed by atoms with Crippen LogP contribution in [0.15, 0.2) is 71.6 Å². The van der Waals surface area contributed by atoms with E-state index in [9.17, 15) is 13.2 Å². The zero-order valence-electron chi connectivity index (χ0n) is 20.7. The summed E-state index contributed by atoms with van der Waals surface area (Å²) < 4.78 is 38.9. The van der Waals surface area contributed by atoms with Crippen LogP contribution in [0.5, 0.6) is 11.5 Å². The highest BCUT2D eigenvalue weighted by Gasteiger charge is 2.28. The van der Waals surface area contributed by atoms with Crippen LogP contribution in [0.2, 0.25) is 0 Å². The maximum absolute atomic E-state index is 13.6. The molecular weight excluding hydrogens is 464 g/mol. The van der Waals surface area contributed by atoms with Crippen molar-refractivity contribution in [1.82, 2.24) is 5.32 Å². The number of sulfonamides is 1. The lowest BCUT2D eigenvalue weighted by Crippen LogP contribution is -2.42. The van der Waals surface area contributed by atoms with Crippen LogP contribution in [0.1, 0.15) is 36.1 Å². The summed E-state index contributed by atoms with van der Waals surface area (Å²) in [4.78, 5) is 13.3. The predicted octanol–water partition coefficient (Wildman–Crippen LogP) is 4.78. The van der Waals surface area contributed by atoms with E-state index in [1.54, 1.807) is 55.6 Å². The highest BCUT2D eigenvalue weighted by atomic mass is 32.2. The Balaban J connectivity index is 1.92. The predicted molar refractivity (Wildman–Crippen MR) is 138 cm³/mol. The van der Waals surface area contributed by atoms with Crippen LogP contribution in [0.3, 0.4) is 0 Å². The first-order valence-corrected chi connectivity index (χ1v) is 12.8. The molecule has 0 aromatic heterocycles. The van der Waals surface area contributed by atoms with E-state index in [0.717, 1.165) is 26.7 Å². The number of hydrogen-bond donors (Lipinski definition) is 1. The number of nitrogens with one attached hydrogen (secondary N) is 1. The Labute approximate surface area is 207 Å². The Bertz CT molecular complexity index is 1270. The van der Waals surface area contributed by atoms with Gasteiger partial charge in [-0.05, 0) is 61.7 Å². The Morgan fingerprint density at radius 2 is 1.69 bits per heavy atom. The largest absolute Gasteiger partial charge is 0.497 e. The Hall–Kier alpha value is -3.52. The van der Waals surface area contributed by atoms with Gasteiger partial charge in [0.25, 0.3) is 10.0 Å². The molecule has 1 amide bonds. The second-order valence-corrected chi connectivity index (χ2v) is 10.1. The minimum Gasteiger partial charge on any atom is -0.497 e. The average molecular weight is 497 g/mol. The van der Waals surface area contributed by atoms with Gasteiger partial charge in [0, 0.05) is 6.07 Å². The zero-order chi connectivity index (χ0) is 25.6. The Morgan fingerprint density at radius 1 is 0.971 bits per heavy atom. The molecule has 0 spiro atoms. The highest BCUT2D eigenvalue weighted by Crippen LogP contribution is 2.28. The van der Waals surface area contributed by atoms with Crippen molar-refractivity contribution in [3.8, 4) is 11.5 Å². The molecule has 7 nitrogen and oxygen atoms in total. The van der Waals surface area contributed by atoms with Gasteiger partial charge < -0.3 is 14.8 Å². The SMILES string of the molecule is CC[C@@H](NC(=O)CN(c1cccc(OC)c1)S(=O)(=O)c1ccc(C)cc1)c1ccc(OC)c(C)c1. The van der Waals surface area contributed by atoms with Crippen molar-refractivity contribution in [2.24, 2.45) is 0 Å². The molecule has 3 aromatic rings. The van der Waals surface area contributed by atoms with Gasteiger partial charge in [0.2, 0.25) is 5.91 Å². The normalized spacial score (nSPS) is 12.0. The van der Waals surface area contributed by atoms with Crippen molar-refractivity contribution in [2.45, 2.75) is 38.1 Å². The molecule has 8 heteroatoms. The number of hydrogen-bond acceptors (Lipinski definition) is 5. The Morgan fingerprint density at radius 3 is 2.29 bits per heavy atom. The van der Waals surface area contributed by atoms with Crippen LogP contribution in [-0.4, -0.2) is 35.1 Å². The lowest BCUT2D eigenvalue weighted by Gasteiger charge is -2.26. The summed E-state index contributed by atoms with van der Waals surface area (Å²) in [6.07, 6.45) is 0.640. The summed E-state index contributed by atoms with van der Waals surface area (Å²) in [5, 5.41) is 2.99. The molecule has 0 radical (unpaired) electrons. The van der Waals surface area contributed by atoms with Gasteiger partial charge in [-0.1, -0.05) is 42.8 Å². The van der Waals surface area contributed by atoms with Crippen LogP contribution in [0.25, 0.3) is 0 Å². The van der Waals surface area contributed by atoms with E-state index in [1.165, 1.54) is 7.11 Å². The van der Waals surface area contributed by atoms with Crippen LogP contribution in [-0.2, 0) is 14.8 Å². The number of methoxy groups -OCH3 is 2. The summed E-state index contributed by atoms with van der Waals surface area (Å²) >= 11 is 0. The molecule has 0 heterocycles. The molecule has 186 valence electrons. The number of benzene rings is 3. The van der Waals surface area contributed by atoms with Crippen LogP contribution in [0.4, 0.5) is 5.69 Å². The van der Waals surface area contributed by atoms with Gasteiger partial charge in [0.05, 0.1) is 30.8 Å². The van der Waals surface area contributed by atoms with Crippen molar-refractivity contribution < 1.29 is 22.7 Å². The monoisotopic (exact) mass is 496 g/mol. The molecule has 0 aliphatic heterocycles. The molecule has 3 aromatic carbocycles. The summed E-state index contributed by atoms with van der Waals surface area (Å²) in [6, 6.07) is 18.7. The smallest absolute Gasteiger partial charge is 0.264 e. The lowest BCUT2D eigenvalue weighted by molar-refractivity contribution is -0.120. The molecule has 35 heavy (non-hydrogen) atoms. The van der Waals surface area contributed by atoms with Crippen molar-refractivity contribution in [3.63, 3.8) is 0 Å². The van der Waals surface area contributed by atoms with Crippen molar-refractivity contribution in [2.75, 3.05) is 25.1 Å². The van der Waals surface area contributed by atoms with Gasteiger partial charge in [-0.25, -0.2) is 8.42 Å². The van der Waals surface area contributed by atoms with Crippen molar-refractivity contribution in [3.05, 3.63) is 83.4 Å². The number of amides is 1. The second-order valence-electron chi connectivity index (χ2n) is 8.28. The number of rotatable bonds is 10. The standard InChI is InChI=1S/C27H32N2O5S/c1-6-25(21-12-15-26(34-5)20(3)16-21)28-27(30)18-29(22-8-7-9-23(17-22)33-4)35(31,32)24-13-10-19(2)11-14-24/h7-17,25H,6,18H2,1-5H3,(H,28,30)/t25-/m1/s1. The second kappa shape index (κ2) is 11.3. The summed E-state index contributed by atoms with van der Waals surface area (Å²) in [6.45, 7) is 5.41. The first kappa shape index (κ1) is 26.1. The van der Waals surface area contributed by atoms with Crippen molar-refractivity contribution in [1.29, 1.82) is 0 Å². The lowest BCUT2D eigenvalue weighted by atomic mass is 10.0. The fraction of sp³-hybridized carbons (Fsp3) is 0.296. The fourth-order valence-corrected chi connectivity index (χ4v) is 5.24. The molecule has 3 rings (SSSR count). The molecule has 0 saturated heterocycles. The minimum atomic E-state index is -4.01. The van der Waals surface area contributed by atoms with E-state index >= 15 is 0 Å². The molecular formula is C27H32N2O5S. The fourth-order valence-electron chi connectivity index (χ4n) is 3.83. The van der Waals surface area contributed by atoms with Crippen molar-refractivity contribution >= 4 is 21.6 Å². The molecule has 0 aliphatic rings. The van der Waals surface area contributed by atoms with E-state index in [-0.39, 0.29) is 17.5 Å². The van der Waals surface area contributed by atoms with Crippen LogP contribution < -0.4 is 19.1 Å². The topological polar surface area (TPSA) is 84.9 Å². The summed E-state index contributed by atoms with van der Waals surface area (Å²) in [5.41, 5.74) is 3.16. The quantitative estimate of drug-likeness (QED) is 0.437. The van der Waals surface area contributed by atoms with E-state index in [2.05, 4.69) is 5.32 Å². The number of anilines is 1. The maximum Gasteiger partial charge on any atom is 0.264 e. The third-order valence-corrected chi connectivity index (χ3v) is 7.59. The molecule has 0 saturated carbocycles. The number of nitrogens with zero attached hydrogens (tertiary/aromatic N) is 1. The number of ether oxygens (including phenoxy) is 2. The number of carbonyl (C=O) groups is 1. The molecule has 0 fully saturated rings. The van der Waals surface area contributed by atoms with E-state index in [0.29, 0.717) is 17.9 Å².